The number of phenolic OH excluding ortho intramolecular Hbond substituents is 1. The smallest absolute Gasteiger partial charge is 0.142 e. The quantitative estimate of drug-likeness (QED) is 0.700. The molecule has 0 aliphatic heterocycles. The summed E-state index contributed by atoms with van der Waals surface area (Å²) in [5.41, 5.74) is 0.752. The fraction of sp³-hybridized carbons (Fsp3) is 0.400. The predicted molar refractivity (Wildman–Crippen MR) is 53.4 cm³/mol. The molecule has 0 atom stereocenters. The lowest BCUT2D eigenvalue weighted by Gasteiger charge is -2.08. The van der Waals surface area contributed by atoms with Gasteiger partial charge in [0.25, 0.3) is 0 Å². The first kappa shape index (κ1) is 9.71. The highest BCUT2D eigenvalue weighted by atomic mass is 16.5. The largest absolute Gasteiger partial charge is 0.506 e. The number of aromatic hydroxyl groups is 1. The molecule has 0 amide bonds. The van der Waals surface area contributed by atoms with Gasteiger partial charge in [0.15, 0.2) is 0 Å². The molecule has 13 heavy (non-hydrogen) atoms. The molecular weight excluding hydrogens is 166 g/mol. The first-order valence-corrected chi connectivity index (χ1v) is 4.38. The molecule has 0 bridgehead atoms. The number of hydrogen-bond donors (Lipinski definition) is 2. The standard InChI is InChI=1S/C10H15NO2/c1-3-6-11-9-5-4-8(13-2)7-10(9)12/h4-5,7,11-12H,3,6H2,1-2H3. The van der Waals surface area contributed by atoms with Crippen molar-refractivity contribution in [2.45, 2.75) is 13.3 Å². The Morgan fingerprint density at radius 3 is 2.77 bits per heavy atom. The molecule has 72 valence electrons. The molecular formula is C10H15NO2. The van der Waals surface area contributed by atoms with Gasteiger partial charge in [0, 0.05) is 12.6 Å². The van der Waals surface area contributed by atoms with Gasteiger partial charge in [-0.3, -0.25) is 0 Å². The van der Waals surface area contributed by atoms with Crippen LogP contribution in [0.2, 0.25) is 0 Å². The lowest BCUT2D eigenvalue weighted by atomic mass is 10.2. The zero-order valence-electron chi connectivity index (χ0n) is 8.00. The molecule has 1 rings (SSSR count). The van der Waals surface area contributed by atoms with Crippen molar-refractivity contribution in [1.29, 1.82) is 0 Å². The van der Waals surface area contributed by atoms with Crippen LogP contribution in [0.1, 0.15) is 13.3 Å². The normalized spacial score (nSPS) is 9.69. The summed E-state index contributed by atoms with van der Waals surface area (Å²) in [6.45, 7) is 2.94. The Hall–Kier alpha value is -1.38. The third-order valence-corrected chi connectivity index (χ3v) is 1.77. The Balaban J connectivity index is 2.73. The molecule has 0 spiro atoms. The maximum atomic E-state index is 9.51. The summed E-state index contributed by atoms with van der Waals surface area (Å²) in [6, 6.07) is 5.22. The van der Waals surface area contributed by atoms with Crippen LogP contribution in [0.3, 0.4) is 0 Å². The molecule has 0 heterocycles. The average molecular weight is 181 g/mol. The van der Waals surface area contributed by atoms with E-state index in [1.165, 1.54) is 0 Å². The summed E-state index contributed by atoms with van der Waals surface area (Å²) in [4.78, 5) is 0. The minimum absolute atomic E-state index is 0.229. The van der Waals surface area contributed by atoms with Gasteiger partial charge in [0.2, 0.25) is 0 Å². The first-order chi connectivity index (χ1) is 6.27. The van der Waals surface area contributed by atoms with Crippen LogP contribution in [0.5, 0.6) is 11.5 Å². The van der Waals surface area contributed by atoms with E-state index in [-0.39, 0.29) is 5.75 Å². The van der Waals surface area contributed by atoms with Crippen LogP contribution >= 0.6 is 0 Å². The number of methoxy groups -OCH3 is 1. The highest BCUT2D eigenvalue weighted by molar-refractivity contribution is 5.58. The van der Waals surface area contributed by atoms with E-state index in [9.17, 15) is 5.11 Å². The summed E-state index contributed by atoms with van der Waals surface area (Å²) in [6.07, 6.45) is 1.03. The van der Waals surface area contributed by atoms with Crippen LogP contribution in [0.4, 0.5) is 5.69 Å². The third kappa shape index (κ3) is 2.54. The first-order valence-electron chi connectivity index (χ1n) is 4.38. The van der Waals surface area contributed by atoms with E-state index in [2.05, 4.69) is 12.2 Å². The van der Waals surface area contributed by atoms with E-state index in [0.29, 0.717) is 5.75 Å². The van der Waals surface area contributed by atoms with Gasteiger partial charge >= 0.3 is 0 Å². The van der Waals surface area contributed by atoms with Crippen LogP contribution in [-0.2, 0) is 0 Å². The maximum Gasteiger partial charge on any atom is 0.142 e. The van der Waals surface area contributed by atoms with Crippen molar-refractivity contribution in [3.05, 3.63) is 18.2 Å². The summed E-state index contributed by atoms with van der Waals surface area (Å²) in [5, 5.41) is 12.6. The molecule has 2 N–H and O–H groups in total. The van der Waals surface area contributed by atoms with E-state index in [1.807, 2.05) is 12.1 Å². The fourth-order valence-corrected chi connectivity index (χ4v) is 1.05. The molecule has 0 unspecified atom stereocenters. The minimum Gasteiger partial charge on any atom is -0.506 e. The second kappa shape index (κ2) is 4.60. The van der Waals surface area contributed by atoms with Crippen molar-refractivity contribution >= 4 is 5.69 Å². The van der Waals surface area contributed by atoms with Gasteiger partial charge in [-0.1, -0.05) is 6.92 Å². The van der Waals surface area contributed by atoms with E-state index in [0.717, 1.165) is 18.7 Å². The van der Waals surface area contributed by atoms with Crippen molar-refractivity contribution < 1.29 is 9.84 Å². The summed E-state index contributed by atoms with van der Waals surface area (Å²) in [5.74, 6) is 0.896. The van der Waals surface area contributed by atoms with Crippen LogP contribution < -0.4 is 10.1 Å². The van der Waals surface area contributed by atoms with Crippen molar-refractivity contribution in [2.75, 3.05) is 19.0 Å². The minimum atomic E-state index is 0.229. The van der Waals surface area contributed by atoms with Gasteiger partial charge < -0.3 is 15.2 Å². The van der Waals surface area contributed by atoms with Crippen molar-refractivity contribution in [2.24, 2.45) is 0 Å². The van der Waals surface area contributed by atoms with Gasteiger partial charge in [-0.15, -0.1) is 0 Å². The fourth-order valence-electron chi connectivity index (χ4n) is 1.05. The van der Waals surface area contributed by atoms with Crippen LogP contribution in [0.25, 0.3) is 0 Å². The molecule has 0 aliphatic carbocycles. The van der Waals surface area contributed by atoms with Crippen LogP contribution in [0.15, 0.2) is 18.2 Å². The lowest BCUT2D eigenvalue weighted by molar-refractivity contribution is 0.408. The lowest BCUT2D eigenvalue weighted by Crippen LogP contribution is -1.99. The van der Waals surface area contributed by atoms with E-state index in [4.69, 9.17) is 4.74 Å². The predicted octanol–water partition coefficient (Wildman–Crippen LogP) is 2.22. The number of ether oxygens (including phenoxy) is 1. The molecule has 1 aromatic rings. The maximum absolute atomic E-state index is 9.51. The van der Waals surface area contributed by atoms with Crippen molar-refractivity contribution in [3.63, 3.8) is 0 Å². The Kier molecular flexibility index (Phi) is 3.43. The Morgan fingerprint density at radius 1 is 1.46 bits per heavy atom. The summed E-state index contributed by atoms with van der Waals surface area (Å²) >= 11 is 0. The number of hydrogen-bond acceptors (Lipinski definition) is 3. The van der Waals surface area contributed by atoms with Gasteiger partial charge in [-0.25, -0.2) is 0 Å². The average Bonchev–Trinajstić information content (AvgIpc) is 2.16. The molecule has 1 aromatic carbocycles. The van der Waals surface area contributed by atoms with Crippen molar-refractivity contribution in [3.8, 4) is 11.5 Å². The molecule has 0 fully saturated rings. The van der Waals surface area contributed by atoms with Gasteiger partial charge in [0.05, 0.1) is 12.8 Å². The second-order valence-electron chi connectivity index (χ2n) is 2.81. The SMILES string of the molecule is CCCNc1ccc(OC)cc1O. The van der Waals surface area contributed by atoms with Crippen LogP contribution in [-0.4, -0.2) is 18.8 Å². The number of rotatable bonds is 4. The Labute approximate surface area is 78.3 Å². The topological polar surface area (TPSA) is 41.5 Å². The number of anilines is 1. The summed E-state index contributed by atoms with van der Waals surface area (Å²) in [7, 11) is 1.58. The highest BCUT2D eigenvalue weighted by Crippen LogP contribution is 2.27. The van der Waals surface area contributed by atoms with E-state index < -0.39 is 0 Å². The van der Waals surface area contributed by atoms with Crippen LogP contribution in [0, 0.1) is 0 Å². The van der Waals surface area contributed by atoms with Gasteiger partial charge in [-0.05, 0) is 18.6 Å². The molecule has 0 saturated carbocycles. The molecule has 0 saturated heterocycles. The van der Waals surface area contributed by atoms with Gasteiger partial charge in [0.1, 0.15) is 11.5 Å². The monoisotopic (exact) mass is 181 g/mol. The molecule has 0 aliphatic rings. The zero-order chi connectivity index (χ0) is 9.68. The number of phenols is 1. The third-order valence-electron chi connectivity index (χ3n) is 1.77. The Morgan fingerprint density at radius 2 is 2.23 bits per heavy atom. The number of nitrogens with one attached hydrogen (secondary N) is 1. The molecule has 0 aromatic heterocycles. The summed E-state index contributed by atoms with van der Waals surface area (Å²) < 4.78 is 4.97. The molecule has 3 heteroatoms. The Bertz CT molecular complexity index is 274. The van der Waals surface area contributed by atoms with Crippen molar-refractivity contribution in [1.82, 2.24) is 0 Å². The van der Waals surface area contributed by atoms with E-state index in [1.54, 1.807) is 13.2 Å². The number of benzene rings is 1. The second-order valence-corrected chi connectivity index (χ2v) is 2.81. The zero-order valence-corrected chi connectivity index (χ0v) is 8.00. The van der Waals surface area contributed by atoms with E-state index >= 15 is 0 Å². The molecule has 3 nitrogen and oxygen atoms in total. The molecule has 0 radical (unpaired) electrons. The van der Waals surface area contributed by atoms with Gasteiger partial charge in [-0.2, -0.15) is 0 Å². The highest BCUT2D eigenvalue weighted by Gasteiger charge is 2.00.